The van der Waals surface area contributed by atoms with E-state index in [4.69, 9.17) is 9.47 Å². The first kappa shape index (κ1) is 18.3. The maximum atomic E-state index is 12.6. The Hall–Kier alpha value is -2.08. The quantitative estimate of drug-likeness (QED) is 0.853. The van der Waals surface area contributed by atoms with Gasteiger partial charge in [-0.25, -0.2) is 0 Å². The number of benzene rings is 1. The number of carbonyl (C=O) groups is 2. The van der Waals surface area contributed by atoms with Gasteiger partial charge >= 0.3 is 0 Å². The molecule has 0 spiro atoms. The van der Waals surface area contributed by atoms with Crippen LogP contribution in [0.15, 0.2) is 24.3 Å². The molecule has 1 atom stereocenters. The van der Waals surface area contributed by atoms with Crippen LogP contribution in [0, 0.1) is 12.8 Å². The maximum Gasteiger partial charge on any atom is 0.258 e. The average molecular weight is 334 g/mol. The van der Waals surface area contributed by atoms with Crippen molar-refractivity contribution in [3.63, 3.8) is 0 Å². The molecule has 1 aromatic rings. The summed E-state index contributed by atoms with van der Waals surface area (Å²) in [6.45, 7) is 7.94. The molecule has 2 amide bonds. The highest BCUT2D eigenvalue weighted by Crippen LogP contribution is 2.12. The van der Waals surface area contributed by atoms with Crippen LogP contribution >= 0.6 is 0 Å². The highest BCUT2D eigenvalue weighted by molar-refractivity contribution is 5.88. The lowest BCUT2D eigenvalue weighted by Crippen LogP contribution is -2.54. The second-order valence-electron chi connectivity index (χ2n) is 6.33. The van der Waals surface area contributed by atoms with E-state index in [1.807, 2.05) is 45.0 Å². The number of aryl methyl sites for hydroxylation is 1. The van der Waals surface area contributed by atoms with Crippen molar-refractivity contribution in [2.75, 3.05) is 32.9 Å². The van der Waals surface area contributed by atoms with E-state index in [0.29, 0.717) is 32.1 Å². The van der Waals surface area contributed by atoms with Crippen molar-refractivity contribution in [1.82, 2.24) is 10.2 Å². The third kappa shape index (κ3) is 5.23. The van der Waals surface area contributed by atoms with Crippen LogP contribution in [0.5, 0.6) is 5.75 Å². The molecular formula is C18H26N2O4. The van der Waals surface area contributed by atoms with E-state index in [9.17, 15) is 9.59 Å². The monoisotopic (exact) mass is 334 g/mol. The van der Waals surface area contributed by atoms with Crippen LogP contribution in [0.4, 0.5) is 0 Å². The molecule has 0 aliphatic carbocycles. The van der Waals surface area contributed by atoms with Gasteiger partial charge in [-0.05, 0) is 25.0 Å². The normalized spacial score (nSPS) is 15.9. The molecule has 1 aliphatic heterocycles. The predicted molar refractivity (Wildman–Crippen MR) is 90.8 cm³/mol. The number of hydrogen-bond donors (Lipinski definition) is 1. The molecule has 0 saturated carbocycles. The zero-order valence-corrected chi connectivity index (χ0v) is 14.6. The van der Waals surface area contributed by atoms with E-state index >= 15 is 0 Å². The third-order valence-corrected chi connectivity index (χ3v) is 3.96. The number of nitrogens with one attached hydrogen (secondary N) is 1. The Morgan fingerprint density at radius 3 is 2.42 bits per heavy atom. The summed E-state index contributed by atoms with van der Waals surface area (Å²) in [5.74, 6) is 0.285. The lowest BCUT2D eigenvalue weighted by atomic mass is 10.0. The maximum absolute atomic E-state index is 12.6. The first-order chi connectivity index (χ1) is 11.5. The highest BCUT2D eigenvalue weighted by Gasteiger charge is 2.29. The Bertz CT molecular complexity index is 551. The Balaban J connectivity index is 1.88. The van der Waals surface area contributed by atoms with Gasteiger partial charge in [0.1, 0.15) is 11.8 Å². The Morgan fingerprint density at radius 2 is 1.83 bits per heavy atom. The molecule has 6 nitrogen and oxygen atoms in total. The number of rotatable bonds is 6. The minimum atomic E-state index is -0.544. The van der Waals surface area contributed by atoms with Gasteiger partial charge in [-0.3, -0.25) is 9.59 Å². The first-order valence-electron chi connectivity index (χ1n) is 8.32. The standard InChI is InChI=1S/C18H26N2O4/c1-13(2)17(18(22)20-8-10-23-11-9-20)19-16(21)12-24-15-6-4-14(3)5-7-15/h4-7,13,17H,8-12H2,1-3H3,(H,19,21)/t17-/m0/s1. The number of hydrogen-bond acceptors (Lipinski definition) is 4. The summed E-state index contributed by atoms with van der Waals surface area (Å²) in [4.78, 5) is 26.5. The fraction of sp³-hybridized carbons (Fsp3) is 0.556. The van der Waals surface area contributed by atoms with Crippen LogP contribution in [-0.2, 0) is 14.3 Å². The van der Waals surface area contributed by atoms with Gasteiger partial charge in [0.15, 0.2) is 6.61 Å². The minimum Gasteiger partial charge on any atom is -0.484 e. The highest BCUT2D eigenvalue weighted by atomic mass is 16.5. The zero-order chi connectivity index (χ0) is 17.5. The summed E-state index contributed by atoms with van der Waals surface area (Å²) >= 11 is 0. The predicted octanol–water partition coefficient (Wildman–Crippen LogP) is 1.37. The summed E-state index contributed by atoms with van der Waals surface area (Å²) in [5.41, 5.74) is 1.13. The van der Waals surface area contributed by atoms with Crippen molar-refractivity contribution in [2.24, 2.45) is 5.92 Å². The molecule has 1 aromatic carbocycles. The molecular weight excluding hydrogens is 308 g/mol. The minimum absolute atomic E-state index is 0.00340. The second-order valence-corrected chi connectivity index (χ2v) is 6.33. The Labute approximate surface area is 143 Å². The Kier molecular flexibility index (Phi) is 6.61. The number of amides is 2. The second kappa shape index (κ2) is 8.68. The number of nitrogens with zero attached hydrogens (tertiary/aromatic N) is 1. The molecule has 1 N–H and O–H groups in total. The van der Waals surface area contributed by atoms with E-state index < -0.39 is 6.04 Å². The first-order valence-corrected chi connectivity index (χ1v) is 8.32. The van der Waals surface area contributed by atoms with Crippen molar-refractivity contribution in [2.45, 2.75) is 26.8 Å². The molecule has 0 aromatic heterocycles. The van der Waals surface area contributed by atoms with Crippen molar-refractivity contribution in [3.8, 4) is 5.75 Å². The average Bonchev–Trinajstić information content (AvgIpc) is 2.59. The van der Waals surface area contributed by atoms with E-state index in [1.54, 1.807) is 4.90 Å². The van der Waals surface area contributed by atoms with Crippen LogP contribution in [-0.4, -0.2) is 55.7 Å². The molecule has 1 saturated heterocycles. The van der Waals surface area contributed by atoms with Gasteiger partial charge in [0, 0.05) is 13.1 Å². The van der Waals surface area contributed by atoms with E-state index in [2.05, 4.69) is 5.32 Å². The molecule has 1 aliphatic rings. The van der Waals surface area contributed by atoms with Crippen molar-refractivity contribution < 1.29 is 19.1 Å². The molecule has 132 valence electrons. The lowest BCUT2D eigenvalue weighted by Gasteiger charge is -2.32. The molecule has 0 radical (unpaired) electrons. The summed E-state index contributed by atoms with van der Waals surface area (Å²) < 4.78 is 10.7. The molecule has 0 bridgehead atoms. The third-order valence-electron chi connectivity index (χ3n) is 3.96. The summed E-state index contributed by atoms with van der Waals surface area (Å²) in [6.07, 6.45) is 0. The fourth-order valence-corrected chi connectivity index (χ4v) is 2.49. The molecule has 24 heavy (non-hydrogen) atoms. The zero-order valence-electron chi connectivity index (χ0n) is 14.6. The summed E-state index contributed by atoms with van der Waals surface area (Å²) in [6, 6.07) is 6.94. The number of morpholine rings is 1. The van der Waals surface area contributed by atoms with Crippen LogP contribution in [0.1, 0.15) is 19.4 Å². The number of carbonyl (C=O) groups excluding carboxylic acids is 2. The molecule has 1 heterocycles. The molecule has 6 heteroatoms. The van der Waals surface area contributed by atoms with Gasteiger partial charge in [0.05, 0.1) is 13.2 Å². The summed E-state index contributed by atoms with van der Waals surface area (Å²) in [5, 5.41) is 2.80. The largest absolute Gasteiger partial charge is 0.484 e. The van der Waals surface area contributed by atoms with Crippen molar-refractivity contribution >= 4 is 11.8 Å². The van der Waals surface area contributed by atoms with E-state index in [-0.39, 0.29) is 24.3 Å². The van der Waals surface area contributed by atoms with Crippen molar-refractivity contribution in [3.05, 3.63) is 29.8 Å². The van der Waals surface area contributed by atoms with Gasteiger partial charge in [-0.2, -0.15) is 0 Å². The Morgan fingerprint density at radius 1 is 1.21 bits per heavy atom. The summed E-state index contributed by atoms with van der Waals surface area (Å²) in [7, 11) is 0. The van der Waals surface area contributed by atoms with Gasteiger partial charge in [-0.1, -0.05) is 31.5 Å². The SMILES string of the molecule is Cc1ccc(OCC(=O)N[C@H](C(=O)N2CCOCC2)C(C)C)cc1. The van der Waals surface area contributed by atoms with Gasteiger partial charge in [-0.15, -0.1) is 0 Å². The van der Waals surface area contributed by atoms with Crippen LogP contribution in [0.3, 0.4) is 0 Å². The van der Waals surface area contributed by atoms with Crippen LogP contribution in [0.25, 0.3) is 0 Å². The van der Waals surface area contributed by atoms with Crippen molar-refractivity contribution in [1.29, 1.82) is 0 Å². The van der Waals surface area contributed by atoms with E-state index in [0.717, 1.165) is 5.56 Å². The molecule has 0 unspecified atom stereocenters. The lowest BCUT2D eigenvalue weighted by molar-refractivity contribution is -0.141. The van der Waals surface area contributed by atoms with Crippen LogP contribution < -0.4 is 10.1 Å². The smallest absolute Gasteiger partial charge is 0.258 e. The van der Waals surface area contributed by atoms with Gasteiger partial charge in [0.2, 0.25) is 5.91 Å². The number of ether oxygens (including phenoxy) is 2. The fourth-order valence-electron chi connectivity index (χ4n) is 2.49. The topological polar surface area (TPSA) is 67.9 Å². The van der Waals surface area contributed by atoms with Gasteiger partial charge < -0.3 is 19.7 Å². The molecule has 1 fully saturated rings. The van der Waals surface area contributed by atoms with E-state index in [1.165, 1.54) is 0 Å². The van der Waals surface area contributed by atoms with Gasteiger partial charge in [0.25, 0.3) is 5.91 Å². The molecule has 2 rings (SSSR count). The van der Waals surface area contributed by atoms with Crippen LogP contribution in [0.2, 0.25) is 0 Å².